The molecule has 2 aromatic carbocycles. The lowest BCUT2D eigenvalue weighted by atomic mass is 10.1. The standard InChI is InChI=1S/C23H24F3N3O2/c1-30-22-8-3-2-7-20(22)21-14-19(31-27-21)16-29-11-9-28(10-12-29)15-17-5-4-6-18(13-17)23(24,25)26/h2-8,13-14H,9-12,15-16H2,1H3. The SMILES string of the molecule is COc1ccccc1-c1cc(CN2CCN(Cc3cccc(C(F)(F)F)c3)CC2)on1. The largest absolute Gasteiger partial charge is 0.496 e. The van der Waals surface area contributed by atoms with Crippen LogP contribution in [-0.2, 0) is 19.3 Å². The monoisotopic (exact) mass is 431 g/mol. The van der Waals surface area contributed by atoms with Crippen molar-refractivity contribution in [3.05, 3.63) is 71.5 Å². The number of alkyl halides is 3. The van der Waals surface area contributed by atoms with Crippen molar-refractivity contribution in [2.75, 3.05) is 33.3 Å². The number of para-hydroxylation sites is 1. The van der Waals surface area contributed by atoms with Gasteiger partial charge in [-0.25, -0.2) is 0 Å². The summed E-state index contributed by atoms with van der Waals surface area (Å²) < 4.78 is 49.7. The Hall–Kier alpha value is -2.84. The van der Waals surface area contributed by atoms with Crippen molar-refractivity contribution in [3.63, 3.8) is 0 Å². The van der Waals surface area contributed by atoms with E-state index in [1.54, 1.807) is 13.2 Å². The summed E-state index contributed by atoms with van der Waals surface area (Å²) in [7, 11) is 1.62. The lowest BCUT2D eigenvalue weighted by Crippen LogP contribution is -2.45. The Morgan fingerprint density at radius 2 is 1.65 bits per heavy atom. The maximum atomic E-state index is 12.9. The van der Waals surface area contributed by atoms with E-state index in [2.05, 4.69) is 15.0 Å². The molecule has 1 aliphatic heterocycles. The number of aromatic nitrogens is 1. The summed E-state index contributed by atoms with van der Waals surface area (Å²) in [4.78, 5) is 4.43. The van der Waals surface area contributed by atoms with Gasteiger partial charge in [-0.15, -0.1) is 0 Å². The quantitative estimate of drug-likeness (QED) is 0.567. The first-order valence-electron chi connectivity index (χ1n) is 10.1. The van der Waals surface area contributed by atoms with E-state index in [1.807, 2.05) is 30.3 Å². The molecule has 0 N–H and O–H groups in total. The van der Waals surface area contributed by atoms with Gasteiger partial charge in [0.05, 0.1) is 19.2 Å². The van der Waals surface area contributed by atoms with Crippen molar-refractivity contribution >= 4 is 0 Å². The van der Waals surface area contributed by atoms with E-state index in [0.717, 1.165) is 55.0 Å². The minimum absolute atomic E-state index is 0.512. The number of piperazine rings is 1. The molecule has 0 bridgehead atoms. The molecule has 0 spiro atoms. The van der Waals surface area contributed by atoms with Crippen molar-refractivity contribution in [3.8, 4) is 17.0 Å². The van der Waals surface area contributed by atoms with Crippen LogP contribution in [0.15, 0.2) is 59.1 Å². The maximum Gasteiger partial charge on any atom is 0.416 e. The molecule has 2 heterocycles. The van der Waals surface area contributed by atoms with E-state index < -0.39 is 11.7 Å². The van der Waals surface area contributed by atoms with Crippen molar-refractivity contribution in [1.29, 1.82) is 0 Å². The minimum atomic E-state index is -4.31. The molecular formula is C23H24F3N3O2. The maximum absolute atomic E-state index is 12.9. The van der Waals surface area contributed by atoms with Gasteiger partial charge < -0.3 is 9.26 Å². The zero-order valence-corrected chi connectivity index (χ0v) is 17.2. The second kappa shape index (κ2) is 9.11. The Kier molecular flexibility index (Phi) is 6.29. The molecule has 0 aliphatic carbocycles. The summed E-state index contributed by atoms with van der Waals surface area (Å²) in [5, 5.41) is 4.18. The van der Waals surface area contributed by atoms with Crippen LogP contribution in [0.25, 0.3) is 11.3 Å². The molecule has 3 aromatic rings. The Morgan fingerprint density at radius 1 is 0.935 bits per heavy atom. The molecule has 0 radical (unpaired) electrons. The number of benzene rings is 2. The second-order valence-electron chi connectivity index (χ2n) is 7.63. The van der Waals surface area contributed by atoms with Crippen LogP contribution in [0.3, 0.4) is 0 Å². The van der Waals surface area contributed by atoms with Crippen LogP contribution in [-0.4, -0.2) is 48.2 Å². The number of ether oxygens (including phenoxy) is 1. The van der Waals surface area contributed by atoms with Crippen molar-refractivity contribution in [1.82, 2.24) is 15.0 Å². The molecule has 0 atom stereocenters. The zero-order chi connectivity index (χ0) is 21.8. The van der Waals surface area contributed by atoms with Crippen molar-refractivity contribution < 1.29 is 22.4 Å². The normalized spacial score (nSPS) is 15.9. The Labute approximate surface area is 179 Å². The fourth-order valence-corrected chi connectivity index (χ4v) is 3.80. The van der Waals surface area contributed by atoms with Crippen molar-refractivity contribution in [2.45, 2.75) is 19.3 Å². The van der Waals surface area contributed by atoms with Crippen LogP contribution in [0.2, 0.25) is 0 Å². The molecule has 5 nitrogen and oxygen atoms in total. The second-order valence-corrected chi connectivity index (χ2v) is 7.63. The first kappa shape index (κ1) is 21.4. The highest BCUT2D eigenvalue weighted by molar-refractivity contribution is 5.66. The number of hydrogen-bond donors (Lipinski definition) is 0. The van der Waals surface area contributed by atoms with E-state index in [0.29, 0.717) is 18.7 Å². The summed E-state index contributed by atoms with van der Waals surface area (Å²) in [5.74, 6) is 1.51. The summed E-state index contributed by atoms with van der Waals surface area (Å²) in [6, 6.07) is 15.1. The van der Waals surface area contributed by atoms with Gasteiger partial charge in [0.15, 0.2) is 5.76 Å². The topological polar surface area (TPSA) is 41.7 Å². The van der Waals surface area contributed by atoms with E-state index >= 15 is 0 Å². The molecule has 1 aliphatic rings. The average Bonchev–Trinajstić information content (AvgIpc) is 3.23. The Bertz CT molecular complexity index is 1010. The third kappa shape index (κ3) is 5.26. The van der Waals surface area contributed by atoms with Crippen LogP contribution in [0.5, 0.6) is 5.75 Å². The van der Waals surface area contributed by atoms with Gasteiger partial charge in [-0.3, -0.25) is 9.80 Å². The Morgan fingerprint density at radius 3 is 2.35 bits per heavy atom. The highest BCUT2D eigenvalue weighted by atomic mass is 19.4. The summed E-state index contributed by atoms with van der Waals surface area (Å²) in [6.07, 6.45) is -4.31. The molecule has 31 heavy (non-hydrogen) atoms. The van der Waals surface area contributed by atoms with Crippen LogP contribution >= 0.6 is 0 Å². The smallest absolute Gasteiger partial charge is 0.416 e. The number of nitrogens with zero attached hydrogens (tertiary/aromatic N) is 3. The summed E-state index contributed by atoms with van der Waals surface area (Å²) in [6.45, 7) is 4.33. The van der Waals surface area contributed by atoms with Gasteiger partial charge in [0.25, 0.3) is 0 Å². The fraction of sp³-hybridized carbons (Fsp3) is 0.348. The predicted molar refractivity (Wildman–Crippen MR) is 110 cm³/mol. The van der Waals surface area contributed by atoms with Gasteiger partial charge in [-0.05, 0) is 23.8 Å². The third-order valence-electron chi connectivity index (χ3n) is 5.45. The molecule has 1 saturated heterocycles. The van der Waals surface area contributed by atoms with E-state index in [9.17, 15) is 13.2 Å². The first-order chi connectivity index (χ1) is 14.9. The summed E-state index contributed by atoms with van der Waals surface area (Å²) in [5.41, 5.74) is 1.70. The highest BCUT2D eigenvalue weighted by Gasteiger charge is 2.30. The molecule has 8 heteroatoms. The van der Waals surface area contributed by atoms with E-state index in [4.69, 9.17) is 9.26 Å². The fourth-order valence-electron chi connectivity index (χ4n) is 3.80. The molecule has 4 rings (SSSR count). The van der Waals surface area contributed by atoms with Gasteiger partial charge >= 0.3 is 6.18 Å². The zero-order valence-electron chi connectivity index (χ0n) is 17.2. The molecule has 0 saturated carbocycles. The van der Waals surface area contributed by atoms with Gasteiger partial charge in [-0.2, -0.15) is 13.2 Å². The van der Waals surface area contributed by atoms with Gasteiger partial charge in [-0.1, -0.05) is 35.5 Å². The number of rotatable bonds is 6. The molecule has 1 aromatic heterocycles. The van der Waals surface area contributed by atoms with E-state index in [1.165, 1.54) is 12.1 Å². The van der Waals surface area contributed by atoms with Crippen LogP contribution in [0.1, 0.15) is 16.9 Å². The lowest BCUT2D eigenvalue weighted by molar-refractivity contribution is -0.137. The average molecular weight is 431 g/mol. The van der Waals surface area contributed by atoms with Gasteiger partial charge in [0.2, 0.25) is 0 Å². The highest BCUT2D eigenvalue weighted by Crippen LogP contribution is 2.30. The Balaban J connectivity index is 1.32. The van der Waals surface area contributed by atoms with Gasteiger partial charge in [0.1, 0.15) is 11.4 Å². The number of halogens is 3. The minimum Gasteiger partial charge on any atom is -0.496 e. The van der Waals surface area contributed by atoms with Gasteiger partial charge in [0, 0.05) is 44.4 Å². The molecule has 164 valence electrons. The molecule has 0 amide bonds. The van der Waals surface area contributed by atoms with Crippen LogP contribution in [0, 0.1) is 0 Å². The molecule has 1 fully saturated rings. The van der Waals surface area contributed by atoms with E-state index in [-0.39, 0.29) is 0 Å². The first-order valence-corrected chi connectivity index (χ1v) is 10.1. The molecular weight excluding hydrogens is 407 g/mol. The van der Waals surface area contributed by atoms with Crippen LogP contribution in [0.4, 0.5) is 13.2 Å². The summed E-state index contributed by atoms with van der Waals surface area (Å²) >= 11 is 0. The lowest BCUT2D eigenvalue weighted by Gasteiger charge is -2.34. The van der Waals surface area contributed by atoms with Crippen molar-refractivity contribution in [2.24, 2.45) is 0 Å². The molecule has 0 unspecified atom stereocenters. The number of hydrogen-bond acceptors (Lipinski definition) is 5. The predicted octanol–water partition coefficient (Wildman–Crippen LogP) is 4.69. The number of methoxy groups -OCH3 is 1. The third-order valence-corrected chi connectivity index (χ3v) is 5.45. The van der Waals surface area contributed by atoms with Crippen LogP contribution < -0.4 is 4.74 Å².